The maximum Gasteiger partial charge on any atom is 0.306 e. The molecule has 0 aliphatic heterocycles. The van der Waals surface area contributed by atoms with Crippen LogP contribution in [0.15, 0.2) is 97.2 Å². The van der Waals surface area contributed by atoms with E-state index in [0.717, 1.165) is 103 Å². The number of allylic oxidation sites excluding steroid dienone is 16. The van der Waals surface area contributed by atoms with Gasteiger partial charge in [0.1, 0.15) is 13.2 Å². The summed E-state index contributed by atoms with van der Waals surface area (Å²) in [5.74, 6) is -0.970. The van der Waals surface area contributed by atoms with E-state index in [1.54, 1.807) is 0 Å². The minimum Gasteiger partial charge on any atom is -0.462 e. The van der Waals surface area contributed by atoms with Crippen LogP contribution in [0.25, 0.3) is 0 Å². The summed E-state index contributed by atoms with van der Waals surface area (Å²) in [7, 11) is 0. The summed E-state index contributed by atoms with van der Waals surface area (Å²) < 4.78 is 16.8. The lowest BCUT2D eigenvalue weighted by atomic mass is 10.0. The Bertz CT molecular complexity index is 1380. The number of carbonyl (C=O) groups excluding carboxylic acids is 3. The van der Waals surface area contributed by atoms with Crippen LogP contribution < -0.4 is 0 Å². The Morgan fingerprint density at radius 2 is 0.580 bits per heavy atom. The minimum atomic E-state index is -0.813. The fourth-order valence-corrected chi connectivity index (χ4v) is 7.78. The summed E-state index contributed by atoms with van der Waals surface area (Å²) in [5.41, 5.74) is 0. The van der Waals surface area contributed by atoms with Gasteiger partial charge in [0.2, 0.25) is 0 Å². The lowest BCUT2D eigenvalue weighted by Crippen LogP contribution is -2.30. The van der Waals surface area contributed by atoms with Crippen LogP contribution in [-0.4, -0.2) is 37.2 Å². The molecule has 0 aliphatic carbocycles. The molecule has 0 aromatic carbocycles. The van der Waals surface area contributed by atoms with E-state index in [4.69, 9.17) is 14.2 Å². The fraction of sp³-hybridized carbons (Fsp3) is 0.698. The molecule has 0 bridgehead atoms. The summed E-state index contributed by atoms with van der Waals surface area (Å²) >= 11 is 0. The Kier molecular flexibility index (Phi) is 53.9. The monoisotopic (exact) mass is 959 g/mol. The second-order valence-electron chi connectivity index (χ2n) is 18.8. The predicted molar refractivity (Wildman–Crippen MR) is 297 cm³/mol. The zero-order chi connectivity index (χ0) is 50.0. The SMILES string of the molecule is CC/C=C\C/C=C\C/C=C\C/C=C\C/C=C\CCCC(=O)O[C@@H](COC(=O)CCCCCCCC/C=C\C/C=C\C/C=C\CCCCC)COC(=O)CCCCCCCCCCCCCCCCC. The van der Waals surface area contributed by atoms with Crippen molar-refractivity contribution in [3.05, 3.63) is 97.2 Å². The summed E-state index contributed by atoms with van der Waals surface area (Å²) in [6, 6.07) is 0. The second kappa shape index (κ2) is 56.9. The molecular formula is C63H106O6. The van der Waals surface area contributed by atoms with Crippen molar-refractivity contribution in [2.45, 2.75) is 271 Å². The smallest absolute Gasteiger partial charge is 0.306 e. The molecule has 0 saturated carbocycles. The number of ether oxygens (including phenoxy) is 3. The average Bonchev–Trinajstić information content (AvgIpc) is 3.35. The lowest BCUT2D eigenvalue weighted by Gasteiger charge is -2.18. The van der Waals surface area contributed by atoms with E-state index < -0.39 is 6.10 Å². The molecule has 1 atom stereocenters. The van der Waals surface area contributed by atoms with Gasteiger partial charge in [-0.2, -0.15) is 0 Å². The number of hydrogen-bond acceptors (Lipinski definition) is 6. The van der Waals surface area contributed by atoms with Crippen molar-refractivity contribution in [2.75, 3.05) is 13.2 Å². The van der Waals surface area contributed by atoms with Gasteiger partial charge in [0.05, 0.1) is 0 Å². The van der Waals surface area contributed by atoms with E-state index in [9.17, 15) is 14.4 Å². The normalized spacial score (nSPS) is 12.8. The molecule has 6 heteroatoms. The molecule has 6 nitrogen and oxygen atoms in total. The van der Waals surface area contributed by atoms with Gasteiger partial charge in [-0.1, -0.05) is 246 Å². The van der Waals surface area contributed by atoms with Crippen molar-refractivity contribution in [2.24, 2.45) is 0 Å². The van der Waals surface area contributed by atoms with Gasteiger partial charge in [0.25, 0.3) is 0 Å². The first-order chi connectivity index (χ1) is 34.0. The van der Waals surface area contributed by atoms with E-state index in [-0.39, 0.29) is 37.5 Å². The lowest BCUT2D eigenvalue weighted by molar-refractivity contribution is -0.167. The van der Waals surface area contributed by atoms with Gasteiger partial charge in [-0.25, -0.2) is 0 Å². The highest BCUT2D eigenvalue weighted by atomic mass is 16.6. The number of unbranched alkanes of at least 4 members (excludes halogenated alkanes) is 24. The molecule has 0 radical (unpaired) electrons. The number of rotatable bonds is 51. The van der Waals surface area contributed by atoms with Crippen LogP contribution >= 0.6 is 0 Å². The molecule has 0 N–H and O–H groups in total. The topological polar surface area (TPSA) is 78.9 Å². The zero-order valence-corrected chi connectivity index (χ0v) is 45.0. The molecule has 69 heavy (non-hydrogen) atoms. The first kappa shape index (κ1) is 65.3. The molecule has 0 aliphatic rings. The van der Waals surface area contributed by atoms with Gasteiger partial charge in [0.15, 0.2) is 6.10 Å². The first-order valence-electron chi connectivity index (χ1n) is 28.7. The molecule has 0 fully saturated rings. The maximum absolute atomic E-state index is 12.8. The van der Waals surface area contributed by atoms with Crippen LogP contribution in [0.4, 0.5) is 0 Å². The van der Waals surface area contributed by atoms with Crippen molar-refractivity contribution in [1.82, 2.24) is 0 Å². The van der Waals surface area contributed by atoms with Crippen molar-refractivity contribution >= 4 is 17.9 Å². The molecule has 394 valence electrons. The van der Waals surface area contributed by atoms with Crippen molar-refractivity contribution in [3.8, 4) is 0 Å². The zero-order valence-electron chi connectivity index (χ0n) is 45.0. The number of carbonyl (C=O) groups is 3. The number of esters is 3. The Labute approximate surface area is 426 Å². The first-order valence-corrected chi connectivity index (χ1v) is 28.7. The van der Waals surface area contributed by atoms with Crippen LogP contribution in [0, 0.1) is 0 Å². The van der Waals surface area contributed by atoms with Crippen LogP contribution in [0.1, 0.15) is 265 Å². The highest BCUT2D eigenvalue weighted by Crippen LogP contribution is 2.15. The van der Waals surface area contributed by atoms with E-state index >= 15 is 0 Å². The third-order valence-corrected chi connectivity index (χ3v) is 12.1. The van der Waals surface area contributed by atoms with Crippen LogP contribution in [0.2, 0.25) is 0 Å². The van der Waals surface area contributed by atoms with Crippen molar-refractivity contribution in [1.29, 1.82) is 0 Å². The largest absolute Gasteiger partial charge is 0.462 e. The van der Waals surface area contributed by atoms with Crippen molar-refractivity contribution in [3.63, 3.8) is 0 Å². The Morgan fingerprint density at radius 3 is 0.957 bits per heavy atom. The molecule has 0 aromatic heterocycles. The minimum absolute atomic E-state index is 0.103. The third-order valence-electron chi connectivity index (χ3n) is 12.1. The summed E-state index contributed by atoms with van der Waals surface area (Å²) in [6.07, 6.45) is 75.4. The number of hydrogen-bond donors (Lipinski definition) is 0. The quantitative estimate of drug-likeness (QED) is 0.0262. The Morgan fingerprint density at radius 1 is 0.304 bits per heavy atom. The Hall–Kier alpha value is -3.67. The standard InChI is InChI=1S/C63H106O6/c1-4-7-10-13-16-19-22-25-28-30-31-33-35-38-41-44-47-50-53-56-62(65)68-59-60(58-67-61(64)55-52-49-46-43-40-37-34-27-24-21-18-15-12-9-6-3)69-63(66)57-54-51-48-45-42-39-36-32-29-26-23-20-17-14-11-8-5-2/h8,11,16-17,19-20,25-26,28-29,31,33,36,39,45,48,60H,4-7,9-10,12-15,18,21-24,27,30,32,34-35,37-38,40-44,46-47,49-59H2,1-3H3/b11-8-,19-16-,20-17-,28-25-,29-26-,33-31-,39-36-,48-45-/t60-/m1/s1. The van der Waals surface area contributed by atoms with Crippen LogP contribution in [-0.2, 0) is 28.6 Å². The third kappa shape index (κ3) is 55.1. The molecule has 0 aromatic rings. The highest BCUT2D eigenvalue weighted by Gasteiger charge is 2.19. The van der Waals surface area contributed by atoms with Crippen LogP contribution in [0.5, 0.6) is 0 Å². The molecule has 0 rings (SSSR count). The highest BCUT2D eigenvalue weighted by molar-refractivity contribution is 5.71. The van der Waals surface area contributed by atoms with Gasteiger partial charge in [0, 0.05) is 19.3 Å². The summed E-state index contributed by atoms with van der Waals surface area (Å²) in [4.78, 5) is 38.1. The van der Waals surface area contributed by atoms with Crippen molar-refractivity contribution < 1.29 is 28.6 Å². The molecular weight excluding hydrogens is 853 g/mol. The van der Waals surface area contributed by atoms with Gasteiger partial charge in [-0.05, 0) is 96.3 Å². The maximum atomic E-state index is 12.8. The van der Waals surface area contributed by atoms with E-state index in [1.807, 2.05) is 0 Å². The molecule has 0 amide bonds. The molecule has 0 saturated heterocycles. The van der Waals surface area contributed by atoms with Crippen LogP contribution in [0.3, 0.4) is 0 Å². The average molecular weight is 960 g/mol. The van der Waals surface area contributed by atoms with E-state index in [2.05, 4.69) is 118 Å². The summed E-state index contributed by atoms with van der Waals surface area (Å²) in [5, 5.41) is 0. The Balaban J connectivity index is 4.49. The summed E-state index contributed by atoms with van der Waals surface area (Å²) in [6.45, 7) is 6.45. The molecule has 0 heterocycles. The molecule has 0 spiro atoms. The van der Waals surface area contributed by atoms with Gasteiger partial charge in [-0.3, -0.25) is 14.4 Å². The predicted octanol–water partition coefficient (Wildman–Crippen LogP) is 19.3. The van der Waals surface area contributed by atoms with Gasteiger partial charge >= 0.3 is 17.9 Å². The van der Waals surface area contributed by atoms with E-state index in [1.165, 1.54) is 116 Å². The fourth-order valence-electron chi connectivity index (χ4n) is 7.78. The van der Waals surface area contributed by atoms with Gasteiger partial charge in [-0.15, -0.1) is 0 Å². The van der Waals surface area contributed by atoms with E-state index in [0.29, 0.717) is 19.3 Å². The van der Waals surface area contributed by atoms with Gasteiger partial charge < -0.3 is 14.2 Å². The second-order valence-corrected chi connectivity index (χ2v) is 18.8. The molecule has 0 unspecified atom stereocenters.